The SMILES string of the molecule is C[C@@H]1NC(=O)NC2NC(=O)N[C@@H](C)C21. The zero-order valence-electron chi connectivity index (χ0n) is 8.13. The summed E-state index contributed by atoms with van der Waals surface area (Å²) in [6, 6.07) is -0.352. The number of fused-ring (bicyclic) bond motifs is 1. The fourth-order valence-corrected chi connectivity index (χ4v) is 2.21. The van der Waals surface area contributed by atoms with Crippen LogP contribution in [0.25, 0.3) is 0 Å². The van der Waals surface area contributed by atoms with Gasteiger partial charge < -0.3 is 21.3 Å². The van der Waals surface area contributed by atoms with Gasteiger partial charge in [0.15, 0.2) is 0 Å². The normalized spacial score (nSPS) is 41.3. The van der Waals surface area contributed by atoms with E-state index in [1.54, 1.807) is 0 Å². The standard InChI is InChI=1S/C8H14N4O2/c1-3-5-4(2)10-8(14)12-6(5)11-7(13)9-3/h3-6H,1-2H3,(H2,9,11,13)(H2,10,12,14)/t3-,4-,5?,6?/m0/s1. The van der Waals surface area contributed by atoms with Gasteiger partial charge in [-0.1, -0.05) is 0 Å². The zero-order valence-corrected chi connectivity index (χ0v) is 8.13. The molecule has 14 heavy (non-hydrogen) atoms. The Balaban J connectivity index is 2.18. The van der Waals surface area contributed by atoms with Gasteiger partial charge in [-0.15, -0.1) is 0 Å². The Labute approximate surface area is 81.8 Å². The zero-order chi connectivity index (χ0) is 10.3. The Morgan fingerprint density at radius 3 is 1.71 bits per heavy atom. The molecule has 0 saturated carbocycles. The maximum absolute atomic E-state index is 11.1. The van der Waals surface area contributed by atoms with Crippen LogP contribution in [0.3, 0.4) is 0 Å². The van der Waals surface area contributed by atoms with Crippen molar-refractivity contribution in [1.29, 1.82) is 0 Å². The first-order valence-electron chi connectivity index (χ1n) is 4.72. The lowest BCUT2D eigenvalue weighted by Crippen LogP contribution is -2.73. The molecule has 0 spiro atoms. The number of carbonyl (C=O) groups is 2. The molecule has 2 heterocycles. The first kappa shape index (κ1) is 9.11. The summed E-state index contributed by atoms with van der Waals surface area (Å²) >= 11 is 0. The number of hydrogen-bond donors (Lipinski definition) is 4. The Morgan fingerprint density at radius 1 is 0.857 bits per heavy atom. The van der Waals surface area contributed by atoms with E-state index in [9.17, 15) is 9.59 Å². The summed E-state index contributed by atoms with van der Waals surface area (Å²) < 4.78 is 0. The van der Waals surface area contributed by atoms with E-state index in [1.807, 2.05) is 13.8 Å². The van der Waals surface area contributed by atoms with Gasteiger partial charge in [0.05, 0.1) is 0 Å². The van der Waals surface area contributed by atoms with E-state index < -0.39 is 0 Å². The Morgan fingerprint density at radius 2 is 1.29 bits per heavy atom. The summed E-state index contributed by atoms with van der Waals surface area (Å²) in [7, 11) is 0. The predicted octanol–water partition coefficient (Wildman–Crippen LogP) is -0.669. The van der Waals surface area contributed by atoms with Crippen molar-refractivity contribution in [2.45, 2.75) is 32.1 Å². The summed E-state index contributed by atoms with van der Waals surface area (Å²) in [5, 5.41) is 10.9. The fourth-order valence-electron chi connectivity index (χ4n) is 2.21. The lowest BCUT2D eigenvalue weighted by molar-refractivity contribution is 0.139. The number of urea groups is 2. The number of rotatable bonds is 0. The van der Waals surface area contributed by atoms with Gasteiger partial charge in [0.1, 0.15) is 6.17 Å². The summed E-state index contributed by atoms with van der Waals surface area (Å²) in [5.41, 5.74) is 0. The summed E-state index contributed by atoms with van der Waals surface area (Å²) in [4.78, 5) is 22.3. The van der Waals surface area contributed by atoms with E-state index in [2.05, 4.69) is 21.3 Å². The Hall–Kier alpha value is -1.46. The predicted molar refractivity (Wildman–Crippen MR) is 49.5 cm³/mol. The van der Waals surface area contributed by atoms with Gasteiger partial charge in [0.2, 0.25) is 0 Å². The van der Waals surface area contributed by atoms with Gasteiger partial charge in [-0.3, -0.25) is 0 Å². The Kier molecular flexibility index (Phi) is 1.98. The van der Waals surface area contributed by atoms with Crippen LogP contribution in [-0.4, -0.2) is 30.3 Å². The first-order valence-corrected chi connectivity index (χ1v) is 4.72. The second-order valence-electron chi connectivity index (χ2n) is 3.87. The largest absolute Gasteiger partial charge is 0.335 e. The molecule has 6 heteroatoms. The quantitative estimate of drug-likeness (QED) is 0.416. The van der Waals surface area contributed by atoms with Gasteiger partial charge in [-0.2, -0.15) is 0 Å². The highest BCUT2D eigenvalue weighted by Gasteiger charge is 2.41. The number of nitrogens with one attached hydrogen (secondary N) is 4. The molecule has 2 saturated heterocycles. The van der Waals surface area contributed by atoms with Crippen molar-refractivity contribution in [3.05, 3.63) is 0 Å². The molecule has 2 aliphatic rings. The molecule has 0 aromatic carbocycles. The van der Waals surface area contributed by atoms with Crippen molar-refractivity contribution >= 4 is 12.1 Å². The molecule has 0 unspecified atom stereocenters. The molecule has 0 aliphatic carbocycles. The van der Waals surface area contributed by atoms with Crippen LogP contribution in [0.4, 0.5) is 9.59 Å². The van der Waals surface area contributed by atoms with Crippen LogP contribution >= 0.6 is 0 Å². The second kappa shape index (κ2) is 3.04. The molecule has 0 radical (unpaired) electrons. The molecular weight excluding hydrogens is 184 g/mol. The monoisotopic (exact) mass is 198 g/mol. The van der Waals surface area contributed by atoms with Crippen molar-refractivity contribution < 1.29 is 9.59 Å². The smallest absolute Gasteiger partial charge is 0.316 e. The van der Waals surface area contributed by atoms with Crippen LogP contribution in [0.15, 0.2) is 0 Å². The van der Waals surface area contributed by atoms with Crippen molar-refractivity contribution in [2.24, 2.45) is 5.92 Å². The molecule has 2 atom stereocenters. The average molecular weight is 198 g/mol. The summed E-state index contributed by atoms with van der Waals surface area (Å²) in [5.74, 6) is 0.172. The molecule has 4 amide bonds. The van der Waals surface area contributed by atoms with Crippen molar-refractivity contribution in [2.75, 3.05) is 0 Å². The lowest BCUT2D eigenvalue weighted by Gasteiger charge is -2.44. The third-order valence-corrected chi connectivity index (χ3v) is 2.83. The molecule has 0 aromatic rings. The summed E-state index contributed by atoms with van der Waals surface area (Å²) in [6.07, 6.45) is -0.262. The first-order chi connectivity index (χ1) is 6.58. The number of amides is 4. The third-order valence-electron chi connectivity index (χ3n) is 2.83. The fraction of sp³-hybridized carbons (Fsp3) is 0.750. The molecule has 0 bridgehead atoms. The highest BCUT2D eigenvalue weighted by atomic mass is 16.2. The molecule has 2 fully saturated rings. The minimum atomic E-state index is -0.262. The van der Waals surface area contributed by atoms with Crippen molar-refractivity contribution in [1.82, 2.24) is 21.3 Å². The van der Waals surface area contributed by atoms with E-state index in [0.717, 1.165) is 0 Å². The Bertz CT molecular complexity index is 255. The topological polar surface area (TPSA) is 82.3 Å². The van der Waals surface area contributed by atoms with Crippen molar-refractivity contribution in [3.8, 4) is 0 Å². The molecule has 6 nitrogen and oxygen atoms in total. The van der Waals surface area contributed by atoms with Gasteiger partial charge in [-0.05, 0) is 13.8 Å². The van der Waals surface area contributed by atoms with Gasteiger partial charge in [-0.25, -0.2) is 9.59 Å². The van der Waals surface area contributed by atoms with Crippen molar-refractivity contribution in [3.63, 3.8) is 0 Å². The van der Waals surface area contributed by atoms with Crippen LogP contribution < -0.4 is 21.3 Å². The molecular formula is C8H14N4O2. The molecule has 2 aliphatic heterocycles. The van der Waals surface area contributed by atoms with E-state index in [1.165, 1.54) is 0 Å². The average Bonchev–Trinajstić information content (AvgIpc) is 1.99. The van der Waals surface area contributed by atoms with E-state index in [-0.39, 0.29) is 36.2 Å². The molecule has 4 N–H and O–H groups in total. The van der Waals surface area contributed by atoms with Crippen LogP contribution in [0.5, 0.6) is 0 Å². The summed E-state index contributed by atoms with van der Waals surface area (Å²) in [6.45, 7) is 3.87. The van der Waals surface area contributed by atoms with Crippen LogP contribution in [0, 0.1) is 5.92 Å². The van der Waals surface area contributed by atoms with Crippen LogP contribution in [0.2, 0.25) is 0 Å². The maximum atomic E-state index is 11.1. The maximum Gasteiger partial charge on any atom is 0.316 e. The molecule has 78 valence electrons. The minimum absolute atomic E-state index is 0.0526. The highest BCUT2D eigenvalue weighted by molar-refractivity contribution is 5.80. The highest BCUT2D eigenvalue weighted by Crippen LogP contribution is 2.19. The lowest BCUT2D eigenvalue weighted by atomic mass is 9.87. The third kappa shape index (κ3) is 1.36. The minimum Gasteiger partial charge on any atom is -0.335 e. The molecule has 2 rings (SSSR count). The number of carbonyl (C=O) groups excluding carboxylic acids is 2. The van der Waals surface area contributed by atoms with E-state index >= 15 is 0 Å². The molecule has 0 aromatic heterocycles. The van der Waals surface area contributed by atoms with E-state index in [0.29, 0.717) is 0 Å². The van der Waals surface area contributed by atoms with Gasteiger partial charge in [0.25, 0.3) is 0 Å². The van der Waals surface area contributed by atoms with Crippen LogP contribution in [-0.2, 0) is 0 Å². The second-order valence-corrected chi connectivity index (χ2v) is 3.87. The van der Waals surface area contributed by atoms with Gasteiger partial charge in [0, 0.05) is 18.0 Å². The number of hydrogen-bond acceptors (Lipinski definition) is 2. The van der Waals surface area contributed by atoms with E-state index in [4.69, 9.17) is 0 Å². The van der Waals surface area contributed by atoms with Gasteiger partial charge >= 0.3 is 12.1 Å². The van der Waals surface area contributed by atoms with Crippen LogP contribution in [0.1, 0.15) is 13.8 Å².